The van der Waals surface area contributed by atoms with Gasteiger partial charge in [0.25, 0.3) is 5.91 Å². The number of amides is 1. The first-order chi connectivity index (χ1) is 8.69. The fourth-order valence-electron chi connectivity index (χ4n) is 1.12. The quantitative estimate of drug-likeness (QED) is 0.777. The lowest BCUT2D eigenvalue weighted by molar-refractivity contribution is -0.123. The van der Waals surface area contributed by atoms with Crippen LogP contribution in [-0.4, -0.2) is 30.2 Å². The summed E-state index contributed by atoms with van der Waals surface area (Å²) in [5.41, 5.74) is 5.51. The molecule has 0 saturated carbocycles. The molecule has 9 heteroatoms. The highest BCUT2D eigenvalue weighted by atomic mass is 32.1. The van der Waals surface area contributed by atoms with Gasteiger partial charge >= 0.3 is 6.18 Å². The van der Waals surface area contributed by atoms with E-state index < -0.39 is 18.6 Å². The van der Waals surface area contributed by atoms with Crippen molar-refractivity contribution in [3.05, 3.63) is 4.88 Å². The van der Waals surface area contributed by atoms with Crippen molar-refractivity contribution in [2.75, 3.05) is 24.1 Å². The van der Waals surface area contributed by atoms with Gasteiger partial charge in [0.15, 0.2) is 5.13 Å². The van der Waals surface area contributed by atoms with Crippen LogP contribution < -0.4 is 16.4 Å². The molecule has 0 aliphatic carbocycles. The van der Waals surface area contributed by atoms with Crippen LogP contribution in [0, 0.1) is 5.92 Å². The maximum atomic E-state index is 12.0. The van der Waals surface area contributed by atoms with Crippen LogP contribution in [0.1, 0.15) is 23.5 Å². The fourth-order valence-corrected chi connectivity index (χ4v) is 1.93. The molecule has 1 aromatic heterocycles. The monoisotopic (exact) mass is 296 g/mol. The van der Waals surface area contributed by atoms with E-state index in [2.05, 4.69) is 10.3 Å². The molecule has 108 valence electrons. The number of alkyl halides is 3. The molecular weight excluding hydrogens is 281 g/mol. The molecule has 0 aromatic carbocycles. The number of anilines is 2. The Morgan fingerprint density at radius 3 is 2.63 bits per heavy atom. The Balaban J connectivity index is 2.65. The standard InChI is InChI=1S/C10H15F3N4OS/c1-5(2)3-15-9-17-7(14)6(19-9)8(18)16-4-10(11,12)13/h5H,3-4,14H2,1-2H3,(H,15,17)(H,16,18). The molecule has 0 bridgehead atoms. The summed E-state index contributed by atoms with van der Waals surface area (Å²) in [6.07, 6.45) is -4.45. The third kappa shape index (κ3) is 5.33. The third-order valence-corrected chi connectivity index (χ3v) is 3.00. The van der Waals surface area contributed by atoms with E-state index in [9.17, 15) is 18.0 Å². The molecule has 19 heavy (non-hydrogen) atoms. The Labute approximate surface area is 112 Å². The molecule has 0 radical (unpaired) electrons. The molecule has 5 nitrogen and oxygen atoms in total. The summed E-state index contributed by atoms with van der Waals surface area (Å²) in [6.45, 7) is 3.22. The number of thiazole rings is 1. The minimum atomic E-state index is -4.45. The van der Waals surface area contributed by atoms with Crippen molar-refractivity contribution in [3.63, 3.8) is 0 Å². The van der Waals surface area contributed by atoms with Gasteiger partial charge in [-0.3, -0.25) is 4.79 Å². The smallest absolute Gasteiger partial charge is 0.382 e. The van der Waals surface area contributed by atoms with Crippen LogP contribution in [0.4, 0.5) is 24.1 Å². The highest BCUT2D eigenvalue weighted by Crippen LogP contribution is 2.25. The Bertz CT molecular complexity index is 444. The van der Waals surface area contributed by atoms with Crippen molar-refractivity contribution in [1.29, 1.82) is 0 Å². The van der Waals surface area contributed by atoms with Gasteiger partial charge in [-0.2, -0.15) is 13.2 Å². The van der Waals surface area contributed by atoms with Gasteiger partial charge in [0.1, 0.15) is 17.2 Å². The van der Waals surface area contributed by atoms with E-state index in [4.69, 9.17) is 5.73 Å². The zero-order chi connectivity index (χ0) is 14.6. The lowest BCUT2D eigenvalue weighted by Gasteiger charge is -2.07. The van der Waals surface area contributed by atoms with Gasteiger partial charge in [-0.05, 0) is 5.92 Å². The molecule has 0 aliphatic heterocycles. The van der Waals surface area contributed by atoms with E-state index in [-0.39, 0.29) is 10.7 Å². The molecule has 4 N–H and O–H groups in total. The summed E-state index contributed by atoms with van der Waals surface area (Å²) in [7, 11) is 0. The van der Waals surface area contributed by atoms with E-state index in [0.717, 1.165) is 11.3 Å². The first-order valence-corrected chi connectivity index (χ1v) is 6.36. The van der Waals surface area contributed by atoms with Crippen molar-refractivity contribution >= 4 is 28.2 Å². The minimum absolute atomic E-state index is 0.0180. The number of nitrogens with zero attached hydrogens (tertiary/aromatic N) is 1. The van der Waals surface area contributed by atoms with Gasteiger partial charge < -0.3 is 16.4 Å². The van der Waals surface area contributed by atoms with Crippen molar-refractivity contribution in [2.24, 2.45) is 5.92 Å². The van der Waals surface area contributed by atoms with E-state index in [1.807, 2.05) is 13.8 Å². The van der Waals surface area contributed by atoms with Crippen LogP contribution in [-0.2, 0) is 0 Å². The van der Waals surface area contributed by atoms with Crippen molar-refractivity contribution < 1.29 is 18.0 Å². The number of hydrogen-bond donors (Lipinski definition) is 3. The number of hydrogen-bond acceptors (Lipinski definition) is 5. The average Bonchev–Trinajstić information content (AvgIpc) is 2.64. The number of carbonyl (C=O) groups is 1. The number of aromatic nitrogens is 1. The van der Waals surface area contributed by atoms with Crippen LogP contribution in [0.15, 0.2) is 0 Å². The summed E-state index contributed by atoms with van der Waals surface area (Å²) >= 11 is 0.934. The number of carbonyl (C=O) groups excluding carboxylic acids is 1. The molecule has 0 unspecified atom stereocenters. The SMILES string of the molecule is CC(C)CNc1nc(N)c(C(=O)NCC(F)(F)F)s1. The predicted molar refractivity (Wildman–Crippen MR) is 68.2 cm³/mol. The number of nitrogens with two attached hydrogens (primary N) is 1. The first-order valence-electron chi connectivity index (χ1n) is 5.54. The van der Waals surface area contributed by atoms with E-state index in [1.54, 1.807) is 5.32 Å². The van der Waals surface area contributed by atoms with Crippen LogP contribution in [0.5, 0.6) is 0 Å². The molecule has 0 saturated heterocycles. The molecule has 0 aliphatic rings. The van der Waals surface area contributed by atoms with Crippen molar-refractivity contribution in [3.8, 4) is 0 Å². The molecular formula is C10H15F3N4OS. The summed E-state index contributed by atoms with van der Waals surface area (Å²) in [6, 6.07) is 0. The maximum Gasteiger partial charge on any atom is 0.405 e. The highest BCUT2D eigenvalue weighted by molar-refractivity contribution is 7.18. The van der Waals surface area contributed by atoms with Crippen LogP contribution >= 0.6 is 11.3 Å². The van der Waals surface area contributed by atoms with Gasteiger partial charge in [-0.15, -0.1) is 0 Å². The van der Waals surface area contributed by atoms with Crippen LogP contribution in [0.2, 0.25) is 0 Å². The van der Waals surface area contributed by atoms with Gasteiger partial charge in [0.2, 0.25) is 0 Å². The molecule has 1 rings (SSSR count). The molecule has 0 atom stereocenters. The second kappa shape index (κ2) is 6.09. The normalized spacial score (nSPS) is 11.7. The van der Waals surface area contributed by atoms with Gasteiger partial charge in [0, 0.05) is 6.54 Å². The Morgan fingerprint density at radius 2 is 2.11 bits per heavy atom. The lowest BCUT2D eigenvalue weighted by Crippen LogP contribution is -2.33. The third-order valence-electron chi connectivity index (χ3n) is 1.97. The number of nitrogens with one attached hydrogen (secondary N) is 2. The van der Waals surface area contributed by atoms with Crippen LogP contribution in [0.25, 0.3) is 0 Å². The van der Waals surface area contributed by atoms with E-state index >= 15 is 0 Å². The minimum Gasteiger partial charge on any atom is -0.382 e. The zero-order valence-electron chi connectivity index (χ0n) is 10.5. The number of rotatable bonds is 5. The van der Waals surface area contributed by atoms with E-state index in [0.29, 0.717) is 17.6 Å². The van der Waals surface area contributed by atoms with Crippen LogP contribution in [0.3, 0.4) is 0 Å². The second-order valence-corrected chi connectivity index (χ2v) is 5.31. The maximum absolute atomic E-state index is 12.0. The Kier molecular flexibility index (Phi) is 4.98. The molecule has 1 amide bonds. The van der Waals surface area contributed by atoms with Gasteiger partial charge in [0.05, 0.1) is 0 Å². The van der Waals surface area contributed by atoms with Crippen molar-refractivity contribution in [2.45, 2.75) is 20.0 Å². The second-order valence-electron chi connectivity index (χ2n) is 4.31. The van der Waals surface area contributed by atoms with Crippen molar-refractivity contribution in [1.82, 2.24) is 10.3 Å². The highest BCUT2D eigenvalue weighted by Gasteiger charge is 2.29. The lowest BCUT2D eigenvalue weighted by atomic mass is 10.2. The molecule has 0 fully saturated rings. The first kappa shape index (κ1) is 15.5. The molecule has 1 aromatic rings. The summed E-state index contributed by atoms with van der Waals surface area (Å²) in [5, 5.41) is 5.13. The zero-order valence-corrected chi connectivity index (χ0v) is 11.3. The summed E-state index contributed by atoms with van der Waals surface area (Å²) in [5.74, 6) is -0.575. The summed E-state index contributed by atoms with van der Waals surface area (Å²) in [4.78, 5) is 15.4. The average molecular weight is 296 g/mol. The van der Waals surface area contributed by atoms with Gasteiger partial charge in [-0.1, -0.05) is 25.2 Å². The molecule has 1 heterocycles. The predicted octanol–water partition coefficient (Wildman–Crippen LogP) is 2.09. The largest absolute Gasteiger partial charge is 0.405 e. The Morgan fingerprint density at radius 1 is 1.47 bits per heavy atom. The molecule has 0 spiro atoms. The van der Waals surface area contributed by atoms with Gasteiger partial charge in [-0.25, -0.2) is 4.98 Å². The Hall–Kier alpha value is -1.51. The number of nitrogen functional groups attached to an aromatic ring is 1. The fraction of sp³-hybridized carbons (Fsp3) is 0.600. The topological polar surface area (TPSA) is 80.0 Å². The number of halogens is 3. The van der Waals surface area contributed by atoms with E-state index in [1.165, 1.54) is 0 Å². The summed E-state index contributed by atoms with van der Waals surface area (Å²) < 4.78 is 35.9.